The zero-order chi connectivity index (χ0) is 40.1. The fourth-order valence-electron chi connectivity index (χ4n) is 4.16. The van der Waals surface area contributed by atoms with Crippen molar-refractivity contribution in [2.75, 3.05) is 23.8 Å². The van der Waals surface area contributed by atoms with E-state index in [4.69, 9.17) is 32.9 Å². The van der Waals surface area contributed by atoms with Crippen molar-refractivity contribution in [3.63, 3.8) is 0 Å². The van der Waals surface area contributed by atoms with E-state index < -0.39 is 52.0 Å². The smallest absolute Gasteiger partial charge is 0.277 e. The van der Waals surface area contributed by atoms with Crippen molar-refractivity contribution in [2.45, 2.75) is 37.9 Å². The molecular weight excluding hydrogens is 1120 g/mol. The van der Waals surface area contributed by atoms with Crippen molar-refractivity contribution in [3.05, 3.63) is 109 Å². The SMILES string of the molecule is CC(C)(CO)ONC(=O)c1cc(Br)c(F)c(F)c1Nc1ccc(I)cc1Cl.O=C(NOC1(CO)CC1)c1cc(Br)c(F)c(F)c1Nc1ccc(I)cc1Cl. The molecule has 5 rings (SSSR count). The first kappa shape index (κ1) is 44.7. The molecule has 1 aliphatic carbocycles. The molecule has 1 fully saturated rings. The number of hydroxylamine groups is 2. The van der Waals surface area contributed by atoms with Crippen molar-refractivity contribution in [1.29, 1.82) is 0 Å². The van der Waals surface area contributed by atoms with Crippen molar-refractivity contribution in [1.82, 2.24) is 11.0 Å². The Kier molecular flexibility index (Phi) is 15.7. The van der Waals surface area contributed by atoms with E-state index in [0.717, 1.165) is 19.3 Å². The summed E-state index contributed by atoms with van der Waals surface area (Å²) in [5, 5.41) is 24.3. The largest absolute Gasteiger partial charge is 0.393 e. The highest BCUT2D eigenvalue weighted by molar-refractivity contribution is 14.1. The molecule has 0 aromatic heterocycles. The molecule has 54 heavy (non-hydrogen) atoms. The summed E-state index contributed by atoms with van der Waals surface area (Å²) in [5.41, 5.74) is 1.87. The van der Waals surface area contributed by atoms with Crippen LogP contribution in [0.15, 0.2) is 57.5 Å². The fourth-order valence-corrected chi connectivity index (χ4v) is 6.77. The van der Waals surface area contributed by atoms with Crippen LogP contribution in [0.5, 0.6) is 0 Å². The Bertz CT molecular complexity index is 1950. The van der Waals surface area contributed by atoms with Gasteiger partial charge >= 0.3 is 0 Å². The minimum atomic E-state index is -1.26. The molecule has 2 amide bonds. The molecule has 4 aromatic rings. The zero-order valence-corrected chi connectivity index (χ0v) is 36.8. The Morgan fingerprint density at radius 3 is 1.57 bits per heavy atom. The second kappa shape index (κ2) is 18.9. The summed E-state index contributed by atoms with van der Waals surface area (Å²) in [6.45, 7) is 2.47. The third-order valence-corrected chi connectivity index (χ3v) is 10.6. The lowest BCUT2D eigenvalue weighted by Crippen LogP contribution is -2.38. The van der Waals surface area contributed by atoms with Gasteiger partial charge in [0.15, 0.2) is 23.3 Å². The number of rotatable bonds is 12. The minimum absolute atomic E-state index is 0.191. The van der Waals surface area contributed by atoms with Gasteiger partial charge in [0.25, 0.3) is 11.8 Å². The van der Waals surface area contributed by atoms with E-state index in [-0.39, 0.29) is 49.0 Å². The van der Waals surface area contributed by atoms with Gasteiger partial charge in [0, 0.05) is 7.14 Å². The van der Waals surface area contributed by atoms with E-state index >= 15 is 0 Å². The van der Waals surface area contributed by atoms with Gasteiger partial charge < -0.3 is 20.8 Å². The van der Waals surface area contributed by atoms with E-state index in [1.54, 1.807) is 50.2 Å². The normalized spacial score (nSPS) is 13.1. The molecule has 6 N–H and O–H groups in total. The van der Waals surface area contributed by atoms with Crippen LogP contribution in [0, 0.1) is 30.4 Å². The number of aliphatic hydroxyl groups excluding tert-OH is 2. The lowest BCUT2D eigenvalue weighted by molar-refractivity contribution is -0.0956. The maximum Gasteiger partial charge on any atom is 0.277 e. The van der Waals surface area contributed by atoms with Crippen LogP contribution < -0.4 is 21.6 Å². The number of amides is 2. The number of hydrogen-bond donors (Lipinski definition) is 6. The molecule has 0 radical (unpaired) electrons. The van der Waals surface area contributed by atoms with Gasteiger partial charge in [-0.05, 0) is 152 Å². The van der Waals surface area contributed by atoms with Gasteiger partial charge in [-0.15, -0.1) is 0 Å². The highest BCUT2D eigenvalue weighted by Gasteiger charge is 2.45. The fraction of sp³-hybridized carbons (Fsp3) is 0.235. The van der Waals surface area contributed by atoms with E-state index in [9.17, 15) is 37.4 Å². The number of carbonyl (C=O) groups is 2. The van der Waals surface area contributed by atoms with Crippen LogP contribution in [-0.4, -0.2) is 46.4 Å². The Morgan fingerprint density at radius 1 is 0.778 bits per heavy atom. The summed E-state index contributed by atoms with van der Waals surface area (Å²) in [4.78, 5) is 35.3. The number of hydrogen-bond acceptors (Lipinski definition) is 8. The molecular formula is C34H28Br2Cl2F4I2N4O6. The van der Waals surface area contributed by atoms with Gasteiger partial charge in [-0.3, -0.25) is 19.3 Å². The molecule has 20 heteroatoms. The summed E-state index contributed by atoms with van der Waals surface area (Å²) in [6.07, 6.45) is 1.18. The van der Waals surface area contributed by atoms with Crippen molar-refractivity contribution in [2.24, 2.45) is 0 Å². The summed E-state index contributed by atoms with van der Waals surface area (Å²) < 4.78 is 58.5. The molecule has 1 aliphatic rings. The van der Waals surface area contributed by atoms with Crippen LogP contribution in [0.25, 0.3) is 0 Å². The van der Waals surface area contributed by atoms with E-state index in [0.29, 0.717) is 24.2 Å². The first-order chi connectivity index (χ1) is 25.3. The maximum absolute atomic E-state index is 14.6. The Labute approximate surface area is 360 Å². The molecule has 0 bridgehead atoms. The van der Waals surface area contributed by atoms with Gasteiger partial charge in [0.05, 0.1) is 66.1 Å². The van der Waals surface area contributed by atoms with Crippen molar-refractivity contribution < 1.29 is 47.0 Å². The third kappa shape index (κ3) is 11.3. The topological polar surface area (TPSA) is 141 Å². The second-order valence-electron chi connectivity index (χ2n) is 12.1. The second-order valence-corrected chi connectivity index (χ2v) is 17.2. The number of benzene rings is 4. The van der Waals surface area contributed by atoms with Crippen LogP contribution >= 0.6 is 100 Å². The highest BCUT2D eigenvalue weighted by atomic mass is 127. The van der Waals surface area contributed by atoms with Gasteiger partial charge in [0.2, 0.25) is 0 Å². The van der Waals surface area contributed by atoms with Crippen molar-refractivity contribution >= 4 is 135 Å². The maximum atomic E-state index is 14.6. The molecule has 1 saturated carbocycles. The quantitative estimate of drug-likeness (QED) is 0.0357. The van der Waals surface area contributed by atoms with E-state index in [1.165, 1.54) is 0 Å². The van der Waals surface area contributed by atoms with Crippen LogP contribution in [0.3, 0.4) is 0 Å². The van der Waals surface area contributed by atoms with E-state index in [1.807, 2.05) is 0 Å². The molecule has 0 saturated heterocycles. The Morgan fingerprint density at radius 2 is 1.20 bits per heavy atom. The average Bonchev–Trinajstić information content (AvgIpc) is 3.92. The van der Waals surface area contributed by atoms with Gasteiger partial charge in [-0.2, -0.15) is 0 Å². The van der Waals surface area contributed by atoms with Crippen LogP contribution in [0.1, 0.15) is 47.4 Å². The first-order valence-electron chi connectivity index (χ1n) is 15.3. The van der Waals surface area contributed by atoms with Crippen LogP contribution in [-0.2, 0) is 9.68 Å². The third-order valence-electron chi connectivity index (χ3n) is 7.45. The lowest BCUT2D eigenvalue weighted by atomic mass is 10.1. The van der Waals surface area contributed by atoms with Gasteiger partial charge in [0.1, 0.15) is 11.2 Å². The Balaban J connectivity index is 0.000000241. The number of aliphatic hydroxyl groups is 2. The lowest BCUT2D eigenvalue weighted by Gasteiger charge is -2.22. The molecule has 290 valence electrons. The highest BCUT2D eigenvalue weighted by Crippen LogP contribution is 2.39. The van der Waals surface area contributed by atoms with Gasteiger partial charge in [-0.25, -0.2) is 28.5 Å². The van der Waals surface area contributed by atoms with Gasteiger partial charge in [-0.1, -0.05) is 23.2 Å². The predicted molar refractivity (Wildman–Crippen MR) is 220 cm³/mol. The molecule has 4 aromatic carbocycles. The number of halogens is 10. The summed E-state index contributed by atoms with van der Waals surface area (Å²) >= 11 is 22.2. The molecule has 0 aliphatic heterocycles. The summed E-state index contributed by atoms with van der Waals surface area (Å²) in [5.74, 6) is -6.44. The van der Waals surface area contributed by atoms with Crippen molar-refractivity contribution in [3.8, 4) is 0 Å². The zero-order valence-electron chi connectivity index (χ0n) is 27.8. The number of anilines is 4. The van der Waals surface area contributed by atoms with Crippen LogP contribution in [0.4, 0.5) is 40.3 Å². The monoisotopic (exact) mass is 1150 g/mol. The number of carbonyl (C=O) groups excluding carboxylic acids is 2. The summed E-state index contributed by atoms with van der Waals surface area (Å²) in [6, 6.07) is 12.1. The molecule has 0 unspecified atom stereocenters. The molecule has 0 spiro atoms. The van der Waals surface area contributed by atoms with Crippen LogP contribution in [0.2, 0.25) is 10.0 Å². The average molecular weight is 1150 g/mol. The Hall–Kier alpha value is -2.02. The standard InChI is InChI=1S/C17H13BrClF2IN2O3.C17H15BrClF2IN2O3/c18-10-6-9(16(26)24-27-17(7-25)3-4-17)15(14(21)13(10)20)23-12-2-1-8(22)5-11(12)19;1-17(2,7-25)27-24-16(26)9-6-10(18)13(20)14(21)15(9)23-12-4-3-8(22)5-11(12)19/h1-2,5-6,23,25H,3-4,7H2,(H,24,26);3-6,23,25H,7H2,1-2H3,(H,24,26). The van der Waals surface area contributed by atoms with E-state index in [2.05, 4.69) is 98.6 Å². The molecule has 0 atom stereocenters. The first-order valence-corrected chi connectivity index (χ1v) is 19.8. The summed E-state index contributed by atoms with van der Waals surface area (Å²) in [7, 11) is 0. The predicted octanol–water partition coefficient (Wildman–Crippen LogP) is 10.1. The number of nitrogens with one attached hydrogen (secondary N) is 4. The molecule has 0 heterocycles. The molecule has 10 nitrogen and oxygen atoms in total. The minimum Gasteiger partial charge on any atom is -0.393 e.